The number of carbonyl (C=O) groups excluding carboxylic acids is 1. The quantitative estimate of drug-likeness (QED) is 0.820. The minimum absolute atomic E-state index is 0.214. The maximum Gasteiger partial charge on any atom is 0.326 e. The van der Waals surface area contributed by atoms with E-state index in [1.165, 1.54) is 12.2 Å². The Morgan fingerprint density at radius 1 is 1.25 bits per heavy atom. The third kappa shape index (κ3) is 4.54. The molecule has 2 N–H and O–H groups in total. The first-order chi connectivity index (χ1) is 9.32. The van der Waals surface area contributed by atoms with Crippen molar-refractivity contribution in [2.75, 3.05) is 0 Å². The van der Waals surface area contributed by atoms with Gasteiger partial charge in [-0.3, -0.25) is 4.79 Å². The highest BCUT2D eigenvalue weighted by molar-refractivity contribution is 6.37. The summed E-state index contributed by atoms with van der Waals surface area (Å²) in [6.07, 6.45) is 2.67. The van der Waals surface area contributed by atoms with Gasteiger partial charge in [-0.25, -0.2) is 4.79 Å². The molecule has 6 heteroatoms. The van der Waals surface area contributed by atoms with Crippen LogP contribution in [0.4, 0.5) is 0 Å². The molecule has 1 aromatic carbocycles. The number of rotatable bonds is 5. The van der Waals surface area contributed by atoms with Gasteiger partial charge in [-0.05, 0) is 24.1 Å². The summed E-state index contributed by atoms with van der Waals surface area (Å²) in [6.45, 7) is 3.43. The molecule has 1 atom stereocenters. The van der Waals surface area contributed by atoms with Gasteiger partial charge in [0.1, 0.15) is 6.04 Å². The number of hydrogen-bond acceptors (Lipinski definition) is 2. The molecule has 20 heavy (non-hydrogen) atoms. The fraction of sp³-hybridized carbons (Fsp3) is 0.286. The molecule has 0 aliphatic heterocycles. The summed E-state index contributed by atoms with van der Waals surface area (Å²) in [7, 11) is 0. The number of nitrogens with one attached hydrogen (secondary N) is 1. The van der Waals surface area contributed by atoms with Crippen LogP contribution in [0, 0.1) is 5.92 Å². The first kappa shape index (κ1) is 16.5. The minimum atomic E-state index is -1.07. The lowest BCUT2D eigenvalue weighted by molar-refractivity contribution is -0.142. The summed E-state index contributed by atoms with van der Waals surface area (Å²) in [5, 5.41) is 12.2. The predicted octanol–water partition coefficient (Wildman–Crippen LogP) is 3.23. The van der Waals surface area contributed by atoms with Crippen molar-refractivity contribution in [1.29, 1.82) is 0 Å². The predicted molar refractivity (Wildman–Crippen MR) is 79.9 cm³/mol. The molecule has 0 heterocycles. The standard InChI is InChI=1S/C14H15Cl2NO3/c1-8(2)13(14(19)20)17-12(18)7-6-9-10(15)4-3-5-11(9)16/h3-8,13H,1-2H3,(H,17,18)(H,19,20)/b7-6+. The number of aliphatic carboxylic acids is 1. The third-order valence-electron chi connectivity index (χ3n) is 2.63. The van der Waals surface area contributed by atoms with Gasteiger partial charge < -0.3 is 10.4 Å². The van der Waals surface area contributed by atoms with Crippen LogP contribution in [0.3, 0.4) is 0 Å². The average molecular weight is 316 g/mol. The van der Waals surface area contributed by atoms with Gasteiger partial charge >= 0.3 is 5.97 Å². The first-order valence-corrected chi connectivity index (χ1v) is 6.74. The van der Waals surface area contributed by atoms with Crippen molar-refractivity contribution in [2.24, 2.45) is 5.92 Å². The van der Waals surface area contributed by atoms with Crippen molar-refractivity contribution >= 4 is 41.2 Å². The zero-order valence-corrected chi connectivity index (χ0v) is 12.6. The number of carboxylic acid groups (broad SMARTS) is 1. The van der Waals surface area contributed by atoms with Crippen LogP contribution in [0.15, 0.2) is 24.3 Å². The number of halogens is 2. The summed E-state index contributed by atoms with van der Waals surface area (Å²) in [6, 6.07) is 4.06. The minimum Gasteiger partial charge on any atom is -0.480 e. The first-order valence-electron chi connectivity index (χ1n) is 5.98. The molecule has 0 aliphatic carbocycles. The van der Waals surface area contributed by atoms with E-state index < -0.39 is 17.9 Å². The maximum atomic E-state index is 11.7. The number of hydrogen-bond donors (Lipinski definition) is 2. The molecular formula is C14H15Cl2NO3. The Morgan fingerprint density at radius 3 is 2.25 bits per heavy atom. The van der Waals surface area contributed by atoms with Gasteiger partial charge in [-0.2, -0.15) is 0 Å². The van der Waals surface area contributed by atoms with Crippen molar-refractivity contribution in [3.8, 4) is 0 Å². The summed E-state index contributed by atoms with van der Waals surface area (Å²) >= 11 is 11.9. The van der Waals surface area contributed by atoms with Crippen LogP contribution in [0.1, 0.15) is 19.4 Å². The second-order valence-corrected chi connectivity index (χ2v) is 5.35. The highest BCUT2D eigenvalue weighted by Gasteiger charge is 2.22. The molecule has 4 nitrogen and oxygen atoms in total. The Morgan fingerprint density at radius 2 is 1.80 bits per heavy atom. The number of carbonyl (C=O) groups is 2. The molecule has 0 fully saturated rings. The Labute approximate surface area is 127 Å². The van der Waals surface area contributed by atoms with Crippen molar-refractivity contribution in [3.05, 3.63) is 39.9 Å². The lowest BCUT2D eigenvalue weighted by atomic mass is 10.0. The van der Waals surface area contributed by atoms with Gasteiger partial charge in [0.05, 0.1) is 0 Å². The summed E-state index contributed by atoms with van der Waals surface area (Å²) in [5.41, 5.74) is 0.516. The van der Waals surface area contributed by atoms with Crippen molar-refractivity contribution in [2.45, 2.75) is 19.9 Å². The molecule has 1 aromatic rings. The molecule has 0 saturated carbocycles. The molecular weight excluding hydrogens is 301 g/mol. The molecule has 108 valence electrons. The van der Waals surface area contributed by atoms with Gasteiger partial charge in [0.25, 0.3) is 0 Å². The fourth-order valence-corrected chi connectivity index (χ4v) is 2.07. The SMILES string of the molecule is CC(C)C(NC(=O)/C=C/c1c(Cl)cccc1Cl)C(=O)O. The Balaban J connectivity index is 2.80. The van der Waals surface area contributed by atoms with Crippen LogP contribution >= 0.6 is 23.2 Å². The van der Waals surface area contributed by atoms with Crippen LogP contribution in [0.5, 0.6) is 0 Å². The molecule has 1 rings (SSSR count). The largest absolute Gasteiger partial charge is 0.480 e. The lowest BCUT2D eigenvalue weighted by Gasteiger charge is -2.16. The second-order valence-electron chi connectivity index (χ2n) is 4.54. The zero-order chi connectivity index (χ0) is 15.3. The molecule has 0 bridgehead atoms. The Hall–Kier alpha value is -1.52. The van der Waals surface area contributed by atoms with E-state index in [1.807, 2.05) is 0 Å². The van der Waals surface area contributed by atoms with Crippen molar-refractivity contribution < 1.29 is 14.7 Å². The van der Waals surface area contributed by atoms with E-state index in [2.05, 4.69) is 5.32 Å². The van der Waals surface area contributed by atoms with Gasteiger partial charge in [0.15, 0.2) is 0 Å². The number of benzene rings is 1. The lowest BCUT2D eigenvalue weighted by Crippen LogP contribution is -2.43. The van der Waals surface area contributed by atoms with Crippen molar-refractivity contribution in [3.63, 3.8) is 0 Å². The van der Waals surface area contributed by atoms with E-state index in [0.717, 1.165) is 0 Å². The molecule has 0 aromatic heterocycles. The highest BCUT2D eigenvalue weighted by Crippen LogP contribution is 2.25. The van der Waals surface area contributed by atoms with Crippen LogP contribution in [0.25, 0.3) is 6.08 Å². The van der Waals surface area contributed by atoms with Crippen LogP contribution in [0.2, 0.25) is 10.0 Å². The van der Waals surface area contributed by atoms with Crippen LogP contribution < -0.4 is 5.32 Å². The zero-order valence-electron chi connectivity index (χ0n) is 11.1. The maximum absolute atomic E-state index is 11.7. The topological polar surface area (TPSA) is 66.4 Å². The summed E-state index contributed by atoms with van der Waals surface area (Å²) < 4.78 is 0. The van der Waals surface area contributed by atoms with E-state index in [9.17, 15) is 9.59 Å². The third-order valence-corrected chi connectivity index (χ3v) is 3.29. The number of amides is 1. The van der Waals surface area contributed by atoms with E-state index in [0.29, 0.717) is 15.6 Å². The Kier molecular flexibility index (Phi) is 6.05. The van der Waals surface area contributed by atoms with Gasteiger partial charge in [-0.1, -0.05) is 43.1 Å². The van der Waals surface area contributed by atoms with Gasteiger partial charge in [-0.15, -0.1) is 0 Å². The molecule has 1 amide bonds. The summed E-state index contributed by atoms with van der Waals surface area (Å²) in [5.74, 6) is -1.80. The van der Waals surface area contributed by atoms with Crippen LogP contribution in [-0.2, 0) is 9.59 Å². The van der Waals surface area contributed by atoms with E-state index in [-0.39, 0.29) is 5.92 Å². The van der Waals surface area contributed by atoms with Crippen molar-refractivity contribution in [1.82, 2.24) is 5.32 Å². The Bertz CT molecular complexity index is 521. The van der Waals surface area contributed by atoms with Crippen LogP contribution in [-0.4, -0.2) is 23.0 Å². The van der Waals surface area contributed by atoms with E-state index >= 15 is 0 Å². The smallest absolute Gasteiger partial charge is 0.326 e. The second kappa shape index (κ2) is 7.31. The monoisotopic (exact) mass is 315 g/mol. The molecule has 0 spiro atoms. The van der Waals surface area contributed by atoms with E-state index in [4.69, 9.17) is 28.3 Å². The van der Waals surface area contributed by atoms with Gasteiger partial charge in [0.2, 0.25) is 5.91 Å². The highest BCUT2D eigenvalue weighted by atomic mass is 35.5. The van der Waals surface area contributed by atoms with E-state index in [1.54, 1.807) is 32.0 Å². The molecule has 1 unspecified atom stereocenters. The average Bonchev–Trinajstić information content (AvgIpc) is 2.34. The summed E-state index contributed by atoms with van der Waals surface area (Å²) in [4.78, 5) is 22.7. The van der Waals surface area contributed by atoms with Gasteiger partial charge in [0, 0.05) is 21.7 Å². The fourth-order valence-electron chi connectivity index (χ4n) is 1.54. The normalized spacial score (nSPS) is 12.7. The number of carboxylic acids is 1. The molecule has 0 aliphatic rings. The molecule has 0 saturated heterocycles. The molecule has 0 radical (unpaired) electrons.